The molecule has 1 N–H and O–H groups in total. The van der Waals surface area contributed by atoms with Crippen molar-refractivity contribution in [3.8, 4) is 5.75 Å². The number of benzene rings is 2. The topological polar surface area (TPSA) is 47.1 Å². The summed E-state index contributed by atoms with van der Waals surface area (Å²) in [5.41, 5.74) is -2.00. The Bertz CT molecular complexity index is 894. The predicted octanol–water partition coefficient (Wildman–Crippen LogP) is 5.70. The Kier molecular flexibility index (Phi) is 5.96. The lowest BCUT2D eigenvalue weighted by Gasteiger charge is -2.15. The average Bonchev–Trinajstić information content (AvgIpc) is 3.02. The Balaban J connectivity index is 1.89. The van der Waals surface area contributed by atoms with E-state index in [9.17, 15) is 13.2 Å². The number of imidazole rings is 1. The molecule has 27 heavy (non-hydrogen) atoms. The highest BCUT2D eigenvalue weighted by Crippen LogP contribution is 2.37. The summed E-state index contributed by atoms with van der Waals surface area (Å²) in [5.74, 6) is 1.33. The fourth-order valence-electron chi connectivity index (χ4n) is 2.73. The van der Waals surface area contributed by atoms with Gasteiger partial charge in [-0.1, -0.05) is 12.1 Å². The number of ether oxygens (including phenoxy) is 2. The molecule has 2 aromatic carbocycles. The summed E-state index contributed by atoms with van der Waals surface area (Å²) in [6, 6.07) is 11.7. The fraction of sp³-hybridized carbons (Fsp3) is 0.316. The smallest absolute Gasteiger partial charge is 0.446 e. The van der Waals surface area contributed by atoms with Gasteiger partial charge in [0.2, 0.25) is 0 Å². The number of aromatic nitrogens is 2. The molecule has 8 heteroatoms. The number of alkyl halides is 3. The van der Waals surface area contributed by atoms with Gasteiger partial charge >= 0.3 is 5.51 Å². The molecule has 0 aliphatic heterocycles. The van der Waals surface area contributed by atoms with Crippen LogP contribution in [0.15, 0.2) is 47.4 Å². The van der Waals surface area contributed by atoms with E-state index in [2.05, 4.69) is 9.97 Å². The van der Waals surface area contributed by atoms with Crippen molar-refractivity contribution in [3.05, 3.63) is 53.9 Å². The van der Waals surface area contributed by atoms with E-state index >= 15 is 0 Å². The van der Waals surface area contributed by atoms with Crippen LogP contribution in [0.5, 0.6) is 5.75 Å². The first-order valence-electron chi connectivity index (χ1n) is 8.49. The van der Waals surface area contributed by atoms with Crippen LogP contribution in [0, 0.1) is 0 Å². The molecule has 0 fully saturated rings. The maximum atomic E-state index is 12.5. The van der Waals surface area contributed by atoms with E-state index < -0.39 is 11.6 Å². The van der Waals surface area contributed by atoms with Gasteiger partial charge in [0, 0.05) is 17.6 Å². The quantitative estimate of drug-likeness (QED) is 0.521. The summed E-state index contributed by atoms with van der Waals surface area (Å²) >= 11 is -0.138. The van der Waals surface area contributed by atoms with Crippen molar-refractivity contribution in [1.82, 2.24) is 9.97 Å². The first-order chi connectivity index (χ1) is 12.9. The van der Waals surface area contributed by atoms with E-state index in [0.29, 0.717) is 19.0 Å². The van der Waals surface area contributed by atoms with Crippen molar-refractivity contribution in [1.29, 1.82) is 0 Å². The molecule has 3 rings (SSSR count). The van der Waals surface area contributed by atoms with Crippen LogP contribution in [0.25, 0.3) is 11.0 Å². The molecule has 0 saturated heterocycles. The molecule has 0 radical (unpaired) electrons. The zero-order valence-electron chi connectivity index (χ0n) is 14.8. The van der Waals surface area contributed by atoms with Gasteiger partial charge in [0.05, 0.1) is 17.6 Å². The van der Waals surface area contributed by atoms with Crippen molar-refractivity contribution >= 4 is 22.8 Å². The number of rotatable bonds is 7. The second-order valence-corrected chi connectivity index (χ2v) is 6.82. The fourth-order valence-corrected chi connectivity index (χ4v) is 3.27. The van der Waals surface area contributed by atoms with E-state index in [4.69, 9.17) is 9.47 Å². The molecule has 1 heterocycles. The molecule has 1 aromatic heterocycles. The standard InChI is InChI=1S/C19H19F3N2O2S/c1-3-25-13-7-10-15-16(11-13)24-18(23-15)17(26-4-2)12-5-8-14(9-6-12)27-19(20,21)22/h5-11,17H,3-4H2,1-2H3,(H,23,24). The third kappa shape index (κ3) is 4.95. The van der Waals surface area contributed by atoms with Gasteiger partial charge in [-0.2, -0.15) is 13.2 Å². The number of aromatic amines is 1. The Morgan fingerprint density at radius 3 is 2.44 bits per heavy atom. The second-order valence-electron chi connectivity index (χ2n) is 5.69. The number of halogens is 3. The lowest BCUT2D eigenvalue weighted by molar-refractivity contribution is -0.0328. The van der Waals surface area contributed by atoms with Crippen LogP contribution in [0.1, 0.15) is 31.3 Å². The minimum absolute atomic E-state index is 0.132. The van der Waals surface area contributed by atoms with Crippen LogP contribution in [0.2, 0.25) is 0 Å². The van der Waals surface area contributed by atoms with E-state index in [1.165, 1.54) is 12.1 Å². The minimum Gasteiger partial charge on any atom is -0.494 e. The minimum atomic E-state index is -4.31. The molecule has 0 aliphatic carbocycles. The predicted molar refractivity (Wildman–Crippen MR) is 99.1 cm³/mol. The van der Waals surface area contributed by atoms with Gasteiger partial charge < -0.3 is 14.5 Å². The maximum absolute atomic E-state index is 12.5. The van der Waals surface area contributed by atoms with E-state index in [1.807, 2.05) is 32.0 Å². The van der Waals surface area contributed by atoms with Crippen molar-refractivity contribution < 1.29 is 22.6 Å². The van der Waals surface area contributed by atoms with Crippen molar-refractivity contribution in [2.24, 2.45) is 0 Å². The largest absolute Gasteiger partial charge is 0.494 e. The van der Waals surface area contributed by atoms with Crippen LogP contribution in [0.3, 0.4) is 0 Å². The first kappa shape index (κ1) is 19.6. The number of hydrogen-bond acceptors (Lipinski definition) is 4. The molecule has 0 saturated carbocycles. The molecule has 0 aliphatic rings. The maximum Gasteiger partial charge on any atom is 0.446 e. The van der Waals surface area contributed by atoms with Gasteiger partial charge in [-0.25, -0.2) is 4.98 Å². The van der Waals surface area contributed by atoms with Crippen molar-refractivity contribution in [2.45, 2.75) is 30.4 Å². The molecule has 3 aromatic rings. The van der Waals surface area contributed by atoms with Crippen molar-refractivity contribution in [2.75, 3.05) is 13.2 Å². The molecule has 0 bridgehead atoms. The van der Waals surface area contributed by atoms with Gasteiger partial charge in [0.15, 0.2) is 0 Å². The normalized spacial score (nSPS) is 13.1. The first-order valence-corrected chi connectivity index (χ1v) is 9.31. The lowest BCUT2D eigenvalue weighted by atomic mass is 10.1. The number of H-pyrrole nitrogens is 1. The SMILES string of the molecule is CCOc1ccc2nc(C(OCC)c3ccc(SC(F)(F)F)cc3)[nH]c2c1. The number of fused-ring (bicyclic) bond motifs is 1. The molecular weight excluding hydrogens is 377 g/mol. The average molecular weight is 396 g/mol. The Labute approximate surface area is 159 Å². The summed E-state index contributed by atoms with van der Waals surface area (Å²) in [5, 5.41) is 0. The van der Waals surface area contributed by atoms with Crippen LogP contribution in [-0.4, -0.2) is 28.7 Å². The molecule has 144 valence electrons. The molecule has 1 unspecified atom stereocenters. The number of thioether (sulfide) groups is 1. The third-order valence-corrected chi connectivity index (χ3v) is 4.52. The molecule has 4 nitrogen and oxygen atoms in total. The highest BCUT2D eigenvalue weighted by atomic mass is 32.2. The van der Waals surface area contributed by atoms with Crippen LogP contribution < -0.4 is 4.74 Å². The monoisotopic (exact) mass is 396 g/mol. The lowest BCUT2D eigenvalue weighted by Crippen LogP contribution is -2.08. The van der Waals surface area contributed by atoms with Gasteiger partial charge in [0.1, 0.15) is 17.7 Å². The van der Waals surface area contributed by atoms with Gasteiger partial charge in [-0.05, 0) is 55.4 Å². The van der Waals surface area contributed by atoms with Crippen LogP contribution >= 0.6 is 11.8 Å². The van der Waals surface area contributed by atoms with Crippen molar-refractivity contribution in [3.63, 3.8) is 0 Å². The zero-order chi connectivity index (χ0) is 19.4. The van der Waals surface area contributed by atoms with E-state index in [0.717, 1.165) is 22.3 Å². The van der Waals surface area contributed by atoms with E-state index in [1.54, 1.807) is 12.1 Å². The summed E-state index contributed by atoms with van der Waals surface area (Å²) in [6.07, 6.45) is -0.497. The Morgan fingerprint density at radius 1 is 1.07 bits per heavy atom. The molecular formula is C19H19F3N2O2S. The number of hydrogen-bond donors (Lipinski definition) is 1. The second kappa shape index (κ2) is 8.22. The van der Waals surface area contributed by atoms with Crippen LogP contribution in [0.4, 0.5) is 13.2 Å². The summed E-state index contributed by atoms with van der Waals surface area (Å²) in [7, 11) is 0. The highest BCUT2D eigenvalue weighted by Gasteiger charge is 2.29. The third-order valence-electron chi connectivity index (χ3n) is 3.78. The summed E-state index contributed by atoms with van der Waals surface area (Å²) < 4.78 is 48.8. The number of nitrogens with zero attached hydrogens (tertiary/aromatic N) is 1. The Morgan fingerprint density at radius 2 is 1.81 bits per heavy atom. The highest BCUT2D eigenvalue weighted by molar-refractivity contribution is 8.00. The molecule has 0 amide bonds. The van der Waals surface area contributed by atoms with Gasteiger partial charge in [0.25, 0.3) is 0 Å². The molecule has 1 atom stereocenters. The zero-order valence-corrected chi connectivity index (χ0v) is 15.7. The summed E-state index contributed by atoms with van der Waals surface area (Å²) in [6.45, 7) is 4.77. The van der Waals surface area contributed by atoms with E-state index in [-0.39, 0.29) is 16.7 Å². The van der Waals surface area contributed by atoms with Gasteiger partial charge in [-0.3, -0.25) is 0 Å². The van der Waals surface area contributed by atoms with Gasteiger partial charge in [-0.15, -0.1) is 0 Å². The number of nitrogens with one attached hydrogen (secondary N) is 1. The Hall–Kier alpha value is -2.19. The van der Waals surface area contributed by atoms with Crippen LogP contribution in [-0.2, 0) is 4.74 Å². The molecule has 0 spiro atoms. The summed E-state index contributed by atoms with van der Waals surface area (Å²) in [4.78, 5) is 7.93.